The maximum absolute atomic E-state index is 12.7. The van der Waals surface area contributed by atoms with E-state index in [1.165, 1.54) is 12.1 Å². The zero-order valence-corrected chi connectivity index (χ0v) is 14.7. The molecule has 0 spiro atoms. The van der Waals surface area contributed by atoms with Gasteiger partial charge in [-0.1, -0.05) is 17.7 Å². The van der Waals surface area contributed by atoms with Crippen molar-refractivity contribution >= 4 is 34.1 Å². The maximum Gasteiger partial charge on any atom is 0.416 e. The van der Waals surface area contributed by atoms with Crippen LogP contribution in [0.5, 0.6) is 0 Å². The molecule has 0 unspecified atom stereocenters. The fourth-order valence-corrected chi connectivity index (χ4v) is 2.75. The molecule has 3 aromatic rings. The first-order chi connectivity index (χ1) is 12.8. The predicted octanol–water partition coefficient (Wildman–Crippen LogP) is 4.75. The Balaban J connectivity index is 1.59. The van der Waals surface area contributed by atoms with Crippen molar-refractivity contribution in [3.8, 4) is 0 Å². The highest BCUT2D eigenvalue weighted by atomic mass is 35.5. The van der Waals surface area contributed by atoms with E-state index in [1.54, 1.807) is 24.4 Å². The summed E-state index contributed by atoms with van der Waals surface area (Å²) in [4.78, 5) is 16.3. The number of pyridine rings is 1. The van der Waals surface area contributed by atoms with Crippen LogP contribution in [0.25, 0.3) is 10.9 Å². The standard InChI is InChI=1S/C19H15ClF3N3O/c20-14-4-5-15-16(6-7-24-17(15)11-14)25-8-9-26-18(27)12-2-1-3-13(10-12)19(21,22)23/h1-7,10-11H,8-9H2,(H,24,25)(H,26,27). The third kappa shape index (κ3) is 4.68. The van der Waals surface area contributed by atoms with Gasteiger partial charge >= 0.3 is 6.18 Å². The molecule has 3 rings (SSSR count). The van der Waals surface area contributed by atoms with Gasteiger partial charge in [-0.05, 0) is 42.5 Å². The molecular formula is C19H15ClF3N3O. The Morgan fingerprint density at radius 1 is 1.07 bits per heavy atom. The molecule has 0 fully saturated rings. The summed E-state index contributed by atoms with van der Waals surface area (Å²) in [5, 5.41) is 7.24. The number of benzene rings is 2. The monoisotopic (exact) mass is 393 g/mol. The first-order valence-corrected chi connectivity index (χ1v) is 8.46. The lowest BCUT2D eigenvalue weighted by Crippen LogP contribution is -2.29. The van der Waals surface area contributed by atoms with Crippen molar-refractivity contribution < 1.29 is 18.0 Å². The van der Waals surface area contributed by atoms with Gasteiger partial charge in [0.25, 0.3) is 5.91 Å². The Morgan fingerprint density at radius 2 is 1.89 bits per heavy atom. The molecule has 4 nitrogen and oxygen atoms in total. The Morgan fingerprint density at radius 3 is 2.67 bits per heavy atom. The Kier molecular flexibility index (Phi) is 5.51. The van der Waals surface area contributed by atoms with E-state index in [1.807, 2.05) is 6.07 Å². The second-order valence-electron chi connectivity index (χ2n) is 5.78. The number of anilines is 1. The first kappa shape index (κ1) is 19.0. The summed E-state index contributed by atoms with van der Waals surface area (Å²) in [7, 11) is 0. The number of carbonyl (C=O) groups is 1. The summed E-state index contributed by atoms with van der Waals surface area (Å²) in [5.74, 6) is -0.561. The first-order valence-electron chi connectivity index (χ1n) is 8.08. The summed E-state index contributed by atoms with van der Waals surface area (Å²) >= 11 is 5.95. The summed E-state index contributed by atoms with van der Waals surface area (Å²) in [6, 6.07) is 11.5. The van der Waals surface area contributed by atoms with Gasteiger partial charge in [-0.15, -0.1) is 0 Å². The zero-order valence-electron chi connectivity index (χ0n) is 14.0. The summed E-state index contributed by atoms with van der Waals surface area (Å²) < 4.78 is 38.2. The van der Waals surface area contributed by atoms with Crippen LogP contribution in [-0.2, 0) is 6.18 Å². The molecule has 0 saturated heterocycles. The Bertz CT molecular complexity index is 976. The highest BCUT2D eigenvalue weighted by molar-refractivity contribution is 6.31. The molecule has 2 aromatic carbocycles. The van der Waals surface area contributed by atoms with Gasteiger partial charge in [0.15, 0.2) is 0 Å². The van der Waals surface area contributed by atoms with Gasteiger partial charge in [-0.3, -0.25) is 9.78 Å². The van der Waals surface area contributed by atoms with Crippen LogP contribution in [0.2, 0.25) is 5.02 Å². The molecule has 1 heterocycles. The summed E-state index contributed by atoms with van der Waals surface area (Å²) in [6.45, 7) is 0.638. The normalized spacial score (nSPS) is 11.4. The van der Waals surface area contributed by atoms with E-state index in [0.717, 1.165) is 28.7 Å². The number of amides is 1. The van der Waals surface area contributed by atoms with Crippen LogP contribution in [0, 0.1) is 0 Å². The third-order valence-corrected chi connectivity index (χ3v) is 4.12. The van der Waals surface area contributed by atoms with Crippen molar-refractivity contribution in [2.24, 2.45) is 0 Å². The van der Waals surface area contributed by atoms with Crippen molar-refractivity contribution in [3.63, 3.8) is 0 Å². The van der Waals surface area contributed by atoms with Crippen LogP contribution in [0.4, 0.5) is 18.9 Å². The number of hydrogen-bond acceptors (Lipinski definition) is 3. The molecule has 0 atom stereocenters. The topological polar surface area (TPSA) is 54.0 Å². The molecule has 140 valence electrons. The third-order valence-electron chi connectivity index (χ3n) is 3.88. The second-order valence-corrected chi connectivity index (χ2v) is 6.22. The van der Waals surface area contributed by atoms with Crippen molar-refractivity contribution in [1.82, 2.24) is 10.3 Å². The highest BCUT2D eigenvalue weighted by Crippen LogP contribution is 2.29. The van der Waals surface area contributed by atoms with Crippen LogP contribution >= 0.6 is 11.6 Å². The van der Waals surface area contributed by atoms with Crippen molar-refractivity contribution in [2.75, 3.05) is 18.4 Å². The molecule has 27 heavy (non-hydrogen) atoms. The largest absolute Gasteiger partial charge is 0.416 e. The molecule has 0 aliphatic rings. The molecule has 0 saturated carbocycles. The van der Waals surface area contributed by atoms with Crippen LogP contribution in [0.1, 0.15) is 15.9 Å². The number of hydrogen-bond donors (Lipinski definition) is 2. The molecule has 0 aliphatic carbocycles. The molecule has 0 bridgehead atoms. The lowest BCUT2D eigenvalue weighted by molar-refractivity contribution is -0.137. The van der Waals surface area contributed by atoms with E-state index in [4.69, 9.17) is 11.6 Å². The number of nitrogens with one attached hydrogen (secondary N) is 2. The number of rotatable bonds is 5. The molecule has 8 heteroatoms. The van der Waals surface area contributed by atoms with Gasteiger partial charge in [0.1, 0.15) is 0 Å². The van der Waals surface area contributed by atoms with Gasteiger partial charge in [0.05, 0.1) is 11.1 Å². The average molecular weight is 394 g/mol. The molecule has 1 aromatic heterocycles. The zero-order chi connectivity index (χ0) is 19.4. The van der Waals surface area contributed by atoms with E-state index in [0.29, 0.717) is 11.6 Å². The number of aromatic nitrogens is 1. The molecule has 1 amide bonds. The smallest absolute Gasteiger partial charge is 0.383 e. The Hall–Kier alpha value is -2.80. The minimum Gasteiger partial charge on any atom is -0.383 e. The van der Waals surface area contributed by atoms with Gasteiger partial charge in [-0.25, -0.2) is 0 Å². The van der Waals surface area contributed by atoms with E-state index in [-0.39, 0.29) is 12.1 Å². The SMILES string of the molecule is O=C(NCCNc1ccnc2cc(Cl)ccc12)c1cccc(C(F)(F)F)c1. The van der Waals surface area contributed by atoms with Crippen molar-refractivity contribution in [2.45, 2.75) is 6.18 Å². The lowest BCUT2D eigenvalue weighted by Gasteiger charge is -2.11. The molecule has 0 aliphatic heterocycles. The van der Waals surface area contributed by atoms with Crippen molar-refractivity contribution in [3.05, 3.63) is 70.9 Å². The van der Waals surface area contributed by atoms with Gasteiger partial charge in [0, 0.05) is 40.9 Å². The van der Waals surface area contributed by atoms with Crippen LogP contribution in [-0.4, -0.2) is 24.0 Å². The average Bonchev–Trinajstić information content (AvgIpc) is 2.64. The van der Waals surface area contributed by atoms with E-state index in [2.05, 4.69) is 15.6 Å². The minimum absolute atomic E-state index is 0.0335. The second kappa shape index (κ2) is 7.84. The van der Waals surface area contributed by atoms with E-state index in [9.17, 15) is 18.0 Å². The van der Waals surface area contributed by atoms with Gasteiger partial charge in [0.2, 0.25) is 0 Å². The number of halogens is 4. The number of carbonyl (C=O) groups excluding carboxylic acids is 1. The fraction of sp³-hybridized carbons (Fsp3) is 0.158. The molecule has 2 N–H and O–H groups in total. The quantitative estimate of drug-likeness (QED) is 0.615. The summed E-state index contributed by atoms with van der Waals surface area (Å²) in [6.07, 6.45) is -2.84. The highest BCUT2D eigenvalue weighted by Gasteiger charge is 2.30. The number of nitrogens with zero attached hydrogens (tertiary/aromatic N) is 1. The number of alkyl halides is 3. The van der Waals surface area contributed by atoms with E-state index < -0.39 is 17.6 Å². The van der Waals surface area contributed by atoms with Crippen LogP contribution in [0.15, 0.2) is 54.7 Å². The maximum atomic E-state index is 12.7. The van der Waals surface area contributed by atoms with Crippen LogP contribution in [0.3, 0.4) is 0 Å². The van der Waals surface area contributed by atoms with Gasteiger partial charge < -0.3 is 10.6 Å². The Labute approximate surface area is 158 Å². The number of fused-ring (bicyclic) bond motifs is 1. The van der Waals surface area contributed by atoms with E-state index >= 15 is 0 Å². The summed E-state index contributed by atoms with van der Waals surface area (Å²) in [5.41, 5.74) is 0.675. The molecular weight excluding hydrogens is 379 g/mol. The predicted molar refractivity (Wildman–Crippen MR) is 99.0 cm³/mol. The minimum atomic E-state index is -4.48. The fourth-order valence-electron chi connectivity index (χ4n) is 2.59. The lowest BCUT2D eigenvalue weighted by atomic mass is 10.1. The van der Waals surface area contributed by atoms with Gasteiger partial charge in [-0.2, -0.15) is 13.2 Å². The van der Waals surface area contributed by atoms with Crippen LogP contribution < -0.4 is 10.6 Å². The molecule has 0 radical (unpaired) electrons. The van der Waals surface area contributed by atoms with Crippen molar-refractivity contribution in [1.29, 1.82) is 0 Å².